The van der Waals surface area contributed by atoms with E-state index in [0.29, 0.717) is 0 Å². The maximum absolute atomic E-state index is 11.5. The molecular weight excluding hydrogens is 218 g/mol. The smallest absolute Gasteiger partial charge is 0.326 e. The summed E-state index contributed by atoms with van der Waals surface area (Å²) in [6.45, 7) is 0. The molecule has 0 saturated carbocycles. The molecule has 16 heavy (non-hydrogen) atoms. The van der Waals surface area contributed by atoms with E-state index >= 15 is 0 Å². The number of aromatic hydroxyl groups is 1. The van der Waals surface area contributed by atoms with Gasteiger partial charge in [-0.1, -0.05) is 0 Å². The van der Waals surface area contributed by atoms with Crippen LogP contribution in [0.1, 0.15) is 10.5 Å². The maximum Gasteiger partial charge on any atom is 0.326 e. The van der Waals surface area contributed by atoms with Crippen LogP contribution < -0.4 is 0 Å². The fourth-order valence-electron chi connectivity index (χ4n) is 1.05. The Morgan fingerprint density at radius 2 is 1.75 bits per heavy atom. The van der Waals surface area contributed by atoms with Gasteiger partial charge in [0, 0.05) is 6.20 Å². The molecule has 1 heterocycles. The standard InChI is InChI=1S/C9H7NO6/c11-4-2-1-3-10-6(4)7(12)5(8(13)14)9(15)16/h1-3,5,11H,(H,13,14)(H,15,16). The van der Waals surface area contributed by atoms with E-state index < -0.39 is 35.1 Å². The van der Waals surface area contributed by atoms with Crippen LogP contribution in [0.25, 0.3) is 0 Å². The number of carbonyl (C=O) groups excluding carboxylic acids is 1. The summed E-state index contributed by atoms with van der Waals surface area (Å²) < 4.78 is 0. The zero-order valence-electron chi connectivity index (χ0n) is 7.82. The van der Waals surface area contributed by atoms with Crippen LogP contribution in [0, 0.1) is 5.92 Å². The summed E-state index contributed by atoms with van der Waals surface area (Å²) in [4.78, 5) is 36.0. The third-order valence-corrected chi connectivity index (χ3v) is 1.78. The lowest BCUT2D eigenvalue weighted by Crippen LogP contribution is -2.32. The third-order valence-electron chi connectivity index (χ3n) is 1.78. The Morgan fingerprint density at radius 3 is 2.19 bits per heavy atom. The number of carbonyl (C=O) groups is 3. The monoisotopic (exact) mass is 225 g/mol. The molecule has 0 aliphatic carbocycles. The number of nitrogens with zero attached hydrogens (tertiary/aromatic N) is 1. The molecule has 1 rings (SSSR count). The van der Waals surface area contributed by atoms with Gasteiger partial charge in [0.25, 0.3) is 0 Å². The van der Waals surface area contributed by atoms with Crippen molar-refractivity contribution in [3.05, 3.63) is 24.0 Å². The summed E-state index contributed by atoms with van der Waals surface area (Å²) in [6.07, 6.45) is 1.15. The van der Waals surface area contributed by atoms with E-state index in [1.165, 1.54) is 6.07 Å². The highest BCUT2D eigenvalue weighted by atomic mass is 16.4. The van der Waals surface area contributed by atoms with Gasteiger partial charge in [-0.05, 0) is 12.1 Å². The van der Waals surface area contributed by atoms with Crippen LogP contribution in [-0.4, -0.2) is 38.0 Å². The van der Waals surface area contributed by atoms with Crippen molar-refractivity contribution in [2.45, 2.75) is 0 Å². The van der Waals surface area contributed by atoms with Gasteiger partial charge in [-0.2, -0.15) is 0 Å². The molecule has 0 fully saturated rings. The van der Waals surface area contributed by atoms with Crippen LogP contribution in [0.4, 0.5) is 0 Å². The number of Topliss-reactive ketones (excluding diaryl/α,β-unsaturated/α-hetero) is 1. The van der Waals surface area contributed by atoms with Crippen LogP contribution in [0.2, 0.25) is 0 Å². The van der Waals surface area contributed by atoms with E-state index in [1.54, 1.807) is 0 Å². The van der Waals surface area contributed by atoms with E-state index in [9.17, 15) is 19.5 Å². The summed E-state index contributed by atoms with van der Waals surface area (Å²) in [6, 6.07) is 2.43. The van der Waals surface area contributed by atoms with Gasteiger partial charge in [0.05, 0.1) is 0 Å². The molecule has 0 bridgehead atoms. The Hall–Kier alpha value is -2.44. The first-order chi connectivity index (χ1) is 7.45. The molecule has 0 aliphatic heterocycles. The van der Waals surface area contributed by atoms with Crippen molar-refractivity contribution in [1.82, 2.24) is 4.98 Å². The lowest BCUT2D eigenvalue weighted by molar-refractivity contribution is -0.151. The van der Waals surface area contributed by atoms with Crippen molar-refractivity contribution >= 4 is 17.7 Å². The number of ketones is 1. The summed E-state index contributed by atoms with van der Waals surface area (Å²) in [5.74, 6) is -7.69. The second-order valence-electron chi connectivity index (χ2n) is 2.84. The molecule has 7 nitrogen and oxygen atoms in total. The molecule has 0 saturated heterocycles. The minimum atomic E-state index is -2.26. The Balaban J connectivity index is 3.15. The lowest BCUT2D eigenvalue weighted by atomic mass is 10.0. The number of hydrogen-bond acceptors (Lipinski definition) is 5. The fraction of sp³-hybridized carbons (Fsp3) is 0.111. The van der Waals surface area contributed by atoms with Crippen molar-refractivity contribution in [3.8, 4) is 5.75 Å². The number of pyridine rings is 1. The number of rotatable bonds is 4. The highest BCUT2D eigenvalue weighted by molar-refractivity contribution is 6.20. The molecule has 3 N–H and O–H groups in total. The van der Waals surface area contributed by atoms with E-state index in [-0.39, 0.29) is 0 Å². The fourth-order valence-corrected chi connectivity index (χ4v) is 1.05. The van der Waals surface area contributed by atoms with Gasteiger partial charge < -0.3 is 15.3 Å². The highest BCUT2D eigenvalue weighted by Crippen LogP contribution is 2.17. The first-order valence-electron chi connectivity index (χ1n) is 4.09. The minimum Gasteiger partial charge on any atom is -0.506 e. The van der Waals surface area contributed by atoms with Gasteiger partial charge in [-0.25, -0.2) is 4.98 Å². The Labute approximate surface area is 89.0 Å². The molecule has 0 amide bonds. The van der Waals surface area contributed by atoms with Crippen molar-refractivity contribution in [2.24, 2.45) is 5.92 Å². The molecule has 84 valence electrons. The van der Waals surface area contributed by atoms with Crippen molar-refractivity contribution in [3.63, 3.8) is 0 Å². The van der Waals surface area contributed by atoms with Gasteiger partial charge in [-0.15, -0.1) is 0 Å². The van der Waals surface area contributed by atoms with Crippen molar-refractivity contribution < 1.29 is 29.7 Å². The Morgan fingerprint density at radius 1 is 1.19 bits per heavy atom. The number of aliphatic carboxylic acids is 2. The van der Waals surface area contributed by atoms with E-state index in [2.05, 4.69) is 4.98 Å². The Bertz CT molecular complexity index is 441. The second kappa shape index (κ2) is 4.39. The minimum absolute atomic E-state index is 0.556. The van der Waals surface area contributed by atoms with Crippen molar-refractivity contribution in [1.29, 1.82) is 0 Å². The van der Waals surface area contributed by atoms with Gasteiger partial charge in [0.1, 0.15) is 11.4 Å². The predicted molar refractivity (Wildman–Crippen MR) is 49.0 cm³/mol. The summed E-state index contributed by atoms with van der Waals surface area (Å²) >= 11 is 0. The molecule has 0 aromatic carbocycles. The molecule has 0 spiro atoms. The first-order valence-corrected chi connectivity index (χ1v) is 4.09. The molecule has 0 unspecified atom stereocenters. The number of carboxylic acid groups (broad SMARTS) is 2. The molecule has 0 atom stereocenters. The molecule has 1 aromatic rings. The topological polar surface area (TPSA) is 125 Å². The SMILES string of the molecule is O=C(O)C(C(=O)O)C(=O)c1ncccc1O. The zero-order chi connectivity index (χ0) is 12.3. The van der Waals surface area contributed by atoms with Crippen molar-refractivity contribution in [2.75, 3.05) is 0 Å². The molecule has 0 radical (unpaired) electrons. The van der Waals surface area contributed by atoms with E-state index in [1.807, 2.05) is 0 Å². The van der Waals surface area contributed by atoms with E-state index in [0.717, 1.165) is 12.3 Å². The molecule has 0 aliphatic rings. The first kappa shape index (κ1) is 11.6. The van der Waals surface area contributed by atoms with Crippen LogP contribution in [-0.2, 0) is 9.59 Å². The van der Waals surface area contributed by atoms with Gasteiger partial charge in [0.15, 0.2) is 0 Å². The quantitative estimate of drug-likeness (QED) is 0.476. The predicted octanol–water partition coefficient (Wildman–Crippen LogP) is -0.245. The maximum atomic E-state index is 11.5. The van der Waals surface area contributed by atoms with Crippen LogP contribution in [0.5, 0.6) is 5.75 Å². The van der Waals surface area contributed by atoms with Crippen LogP contribution in [0.15, 0.2) is 18.3 Å². The Kier molecular flexibility index (Phi) is 3.19. The average Bonchev–Trinajstić information content (AvgIpc) is 2.16. The van der Waals surface area contributed by atoms with Gasteiger partial charge in [0.2, 0.25) is 11.7 Å². The lowest BCUT2D eigenvalue weighted by Gasteiger charge is -2.06. The normalized spacial score (nSPS) is 10.1. The summed E-state index contributed by atoms with van der Waals surface area (Å²) in [5.41, 5.74) is -0.572. The third kappa shape index (κ3) is 2.14. The summed E-state index contributed by atoms with van der Waals surface area (Å²) in [5, 5.41) is 26.3. The number of hydrogen-bond donors (Lipinski definition) is 3. The second-order valence-corrected chi connectivity index (χ2v) is 2.84. The van der Waals surface area contributed by atoms with E-state index in [4.69, 9.17) is 10.2 Å². The molecular formula is C9H7NO6. The molecule has 1 aromatic heterocycles. The number of carboxylic acids is 2. The zero-order valence-corrected chi connectivity index (χ0v) is 7.82. The average molecular weight is 225 g/mol. The van der Waals surface area contributed by atoms with Gasteiger partial charge in [-0.3, -0.25) is 14.4 Å². The van der Waals surface area contributed by atoms with Gasteiger partial charge >= 0.3 is 11.9 Å². The number of aromatic nitrogens is 1. The summed E-state index contributed by atoms with van der Waals surface area (Å²) in [7, 11) is 0. The highest BCUT2D eigenvalue weighted by Gasteiger charge is 2.36. The van der Waals surface area contributed by atoms with Crippen LogP contribution >= 0.6 is 0 Å². The largest absolute Gasteiger partial charge is 0.506 e. The van der Waals surface area contributed by atoms with Crippen LogP contribution in [0.3, 0.4) is 0 Å². The molecule has 7 heteroatoms.